The number of amides is 1. The molecule has 1 rings (SSSR count). The number of halogens is 1. The molecule has 0 saturated heterocycles. The second-order valence-corrected chi connectivity index (χ2v) is 7.51. The van der Waals surface area contributed by atoms with Gasteiger partial charge in [0.15, 0.2) is 0 Å². The van der Waals surface area contributed by atoms with Gasteiger partial charge in [0, 0.05) is 12.2 Å². The van der Waals surface area contributed by atoms with E-state index in [4.69, 9.17) is 11.6 Å². The lowest BCUT2D eigenvalue weighted by Gasteiger charge is -2.09. The molecule has 5 nitrogen and oxygen atoms in total. The molecule has 2 N–H and O–H groups in total. The number of anilines is 1. The molecule has 0 heterocycles. The zero-order chi connectivity index (χ0) is 16.6. The van der Waals surface area contributed by atoms with E-state index in [2.05, 4.69) is 17.0 Å². The summed E-state index contributed by atoms with van der Waals surface area (Å²) in [6, 6.07) is 6.01. The average molecular weight is 347 g/mol. The van der Waals surface area contributed by atoms with Gasteiger partial charge in [-0.25, -0.2) is 13.1 Å². The normalized spacial score (nSPS) is 12.9. The number of rotatable bonds is 9. The fraction of sp³-hybridized carbons (Fsp3) is 0.533. The van der Waals surface area contributed by atoms with Crippen molar-refractivity contribution < 1.29 is 13.2 Å². The lowest BCUT2D eigenvalue weighted by atomic mass is 10.2. The molecule has 1 amide bonds. The molecule has 0 radical (unpaired) electrons. The molecule has 0 saturated carbocycles. The lowest BCUT2D eigenvalue weighted by molar-refractivity contribution is -0.115. The molecule has 1 atom stereocenters. The molecule has 1 aromatic rings. The third-order valence-corrected chi connectivity index (χ3v) is 4.79. The smallest absolute Gasteiger partial charge is 0.242 e. The van der Waals surface area contributed by atoms with Crippen LogP contribution in [0.2, 0.25) is 0 Å². The van der Waals surface area contributed by atoms with Gasteiger partial charge >= 0.3 is 0 Å². The van der Waals surface area contributed by atoms with E-state index in [-0.39, 0.29) is 10.8 Å². The maximum absolute atomic E-state index is 12.1. The Morgan fingerprint density at radius 1 is 1.18 bits per heavy atom. The van der Waals surface area contributed by atoms with Crippen molar-refractivity contribution in [2.24, 2.45) is 0 Å². The monoisotopic (exact) mass is 346 g/mol. The van der Waals surface area contributed by atoms with E-state index >= 15 is 0 Å². The average Bonchev–Trinajstić information content (AvgIpc) is 2.47. The number of hydrogen-bond acceptors (Lipinski definition) is 3. The van der Waals surface area contributed by atoms with Crippen LogP contribution in [-0.4, -0.2) is 26.2 Å². The number of benzene rings is 1. The summed E-state index contributed by atoms with van der Waals surface area (Å²) < 4.78 is 26.8. The standard InChI is InChI=1S/C15H23ClN2O3S/c1-3-4-5-6-11-17-22(20,21)14-9-7-13(8-10-14)18-15(19)12(2)16/h7-10,12,17H,3-6,11H2,1-2H3,(H,18,19). The minimum Gasteiger partial charge on any atom is -0.325 e. The topological polar surface area (TPSA) is 75.3 Å². The Morgan fingerprint density at radius 3 is 2.36 bits per heavy atom. The highest BCUT2D eigenvalue weighted by molar-refractivity contribution is 7.89. The van der Waals surface area contributed by atoms with Gasteiger partial charge in [-0.2, -0.15) is 0 Å². The first-order valence-corrected chi connectivity index (χ1v) is 9.33. The van der Waals surface area contributed by atoms with Crippen LogP contribution in [0.4, 0.5) is 5.69 Å². The summed E-state index contributed by atoms with van der Waals surface area (Å²) in [6.07, 6.45) is 4.06. The van der Waals surface area contributed by atoms with Crippen molar-refractivity contribution in [3.8, 4) is 0 Å². The van der Waals surface area contributed by atoms with Crippen molar-refractivity contribution in [2.75, 3.05) is 11.9 Å². The second kappa shape index (κ2) is 9.12. The molecule has 0 aromatic heterocycles. The van der Waals surface area contributed by atoms with Gasteiger partial charge in [-0.05, 0) is 37.6 Å². The first-order chi connectivity index (χ1) is 10.4. The molecule has 22 heavy (non-hydrogen) atoms. The summed E-state index contributed by atoms with van der Waals surface area (Å²) in [6.45, 7) is 4.11. The Morgan fingerprint density at radius 2 is 1.82 bits per heavy atom. The molecule has 0 fully saturated rings. The van der Waals surface area contributed by atoms with Crippen molar-refractivity contribution in [3.05, 3.63) is 24.3 Å². The van der Waals surface area contributed by atoms with Crippen molar-refractivity contribution >= 4 is 33.2 Å². The van der Waals surface area contributed by atoms with E-state index in [0.29, 0.717) is 12.2 Å². The Hall–Kier alpha value is -1.11. The number of sulfonamides is 1. The van der Waals surface area contributed by atoms with Gasteiger partial charge in [0.2, 0.25) is 15.9 Å². The predicted molar refractivity (Wildman–Crippen MR) is 89.7 cm³/mol. The number of alkyl halides is 1. The van der Waals surface area contributed by atoms with Gasteiger partial charge in [0.25, 0.3) is 0 Å². The van der Waals surface area contributed by atoms with Crippen LogP contribution in [0.15, 0.2) is 29.2 Å². The number of nitrogens with one attached hydrogen (secondary N) is 2. The van der Waals surface area contributed by atoms with Crippen LogP contribution in [0.3, 0.4) is 0 Å². The summed E-state index contributed by atoms with van der Waals surface area (Å²) >= 11 is 5.66. The Labute approximate surface area is 137 Å². The van der Waals surface area contributed by atoms with Crippen LogP contribution in [0.1, 0.15) is 39.5 Å². The molecule has 0 aliphatic rings. The van der Waals surface area contributed by atoms with Crippen LogP contribution in [0, 0.1) is 0 Å². The van der Waals surface area contributed by atoms with Crippen LogP contribution in [-0.2, 0) is 14.8 Å². The minimum atomic E-state index is -3.50. The fourth-order valence-corrected chi connectivity index (χ4v) is 2.93. The van der Waals surface area contributed by atoms with Crippen molar-refractivity contribution in [1.82, 2.24) is 4.72 Å². The fourth-order valence-electron chi connectivity index (χ4n) is 1.80. The molecule has 7 heteroatoms. The van der Waals surface area contributed by atoms with Crippen molar-refractivity contribution in [3.63, 3.8) is 0 Å². The second-order valence-electron chi connectivity index (χ2n) is 5.09. The largest absolute Gasteiger partial charge is 0.325 e. The molecule has 1 aromatic carbocycles. The van der Waals surface area contributed by atoms with Crippen molar-refractivity contribution in [1.29, 1.82) is 0 Å². The van der Waals surface area contributed by atoms with Crippen LogP contribution < -0.4 is 10.0 Å². The third-order valence-electron chi connectivity index (χ3n) is 3.12. The van der Waals surface area contributed by atoms with Crippen molar-refractivity contribution in [2.45, 2.75) is 49.8 Å². The third kappa shape index (κ3) is 6.34. The van der Waals surface area contributed by atoms with E-state index in [0.717, 1.165) is 25.7 Å². The predicted octanol–water partition coefficient (Wildman–Crippen LogP) is 3.11. The molecule has 124 valence electrons. The highest BCUT2D eigenvalue weighted by Gasteiger charge is 2.14. The summed E-state index contributed by atoms with van der Waals surface area (Å²) in [5.74, 6) is -0.327. The molecule has 0 aliphatic carbocycles. The van der Waals surface area contributed by atoms with E-state index in [1.807, 2.05) is 0 Å². The van der Waals surface area contributed by atoms with Gasteiger partial charge in [-0.1, -0.05) is 26.2 Å². The van der Waals surface area contributed by atoms with E-state index < -0.39 is 15.4 Å². The summed E-state index contributed by atoms with van der Waals surface area (Å²) in [5.41, 5.74) is 0.513. The summed E-state index contributed by atoms with van der Waals surface area (Å²) in [4.78, 5) is 11.6. The van der Waals surface area contributed by atoms with Gasteiger partial charge in [0.05, 0.1) is 4.90 Å². The van der Waals surface area contributed by atoms with Crippen LogP contribution >= 0.6 is 11.6 Å². The van der Waals surface area contributed by atoms with Gasteiger partial charge in [0.1, 0.15) is 5.38 Å². The molecular formula is C15H23ClN2O3S. The molecule has 0 aliphatic heterocycles. The minimum absolute atomic E-state index is 0.180. The molecule has 1 unspecified atom stereocenters. The van der Waals surface area contributed by atoms with E-state index in [1.165, 1.54) is 12.1 Å². The highest BCUT2D eigenvalue weighted by atomic mass is 35.5. The quantitative estimate of drug-likeness (QED) is 0.533. The Bertz CT molecular complexity index is 571. The number of carbonyl (C=O) groups is 1. The maximum Gasteiger partial charge on any atom is 0.242 e. The van der Waals surface area contributed by atoms with E-state index in [9.17, 15) is 13.2 Å². The first-order valence-electron chi connectivity index (χ1n) is 7.41. The summed E-state index contributed by atoms with van der Waals surface area (Å²) in [5, 5.41) is 1.96. The zero-order valence-electron chi connectivity index (χ0n) is 12.9. The van der Waals surface area contributed by atoms with Gasteiger partial charge in [-0.15, -0.1) is 11.6 Å². The van der Waals surface area contributed by atoms with E-state index in [1.54, 1.807) is 19.1 Å². The van der Waals surface area contributed by atoms with Crippen LogP contribution in [0.5, 0.6) is 0 Å². The Kier molecular flexibility index (Phi) is 7.85. The molecular weight excluding hydrogens is 324 g/mol. The van der Waals surface area contributed by atoms with Gasteiger partial charge < -0.3 is 5.32 Å². The van der Waals surface area contributed by atoms with Crippen LogP contribution in [0.25, 0.3) is 0 Å². The SMILES string of the molecule is CCCCCCNS(=O)(=O)c1ccc(NC(=O)C(C)Cl)cc1. The summed E-state index contributed by atoms with van der Waals surface area (Å²) in [7, 11) is -3.50. The number of hydrogen-bond donors (Lipinski definition) is 2. The Balaban J connectivity index is 2.59. The van der Waals surface area contributed by atoms with Gasteiger partial charge in [-0.3, -0.25) is 4.79 Å². The molecule has 0 bridgehead atoms. The highest BCUT2D eigenvalue weighted by Crippen LogP contribution is 2.15. The zero-order valence-corrected chi connectivity index (χ0v) is 14.5. The molecule has 0 spiro atoms. The first kappa shape index (κ1) is 18.9. The lowest BCUT2D eigenvalue weighted by Crippen LogP contribution is -2.25. The maximum atomic E-state index is 12.1. The number of unbranched alkanes of at least 4 members (excludes halogenated alkanes) is 3. The number of carbonyl (C=O) groups excluding carboxylic acids is 1.